The van der Waals surface area contributed by atoms with Crippen LogP contribution in [0.1, 0.15) is 71.6 Å². The zero-order valence-electron chi connectivity index (χ0n) is 11.6. The summed E-state index contributed by atoms with van der Waals surface area (Å²) >= 11 is 0. The van der Waals surface area contributed by atoms with Crippen molar-refractivity contribution in [1.82, 2.24) is 5.32 Å². The molecule has 0 saturated heterocycles. The van der Waals surface area contributed by atoms with Gasteiger partial charge in [0.25, 0.3) is 0 Å². The molecule has 2 nitrogen and oxygen atoms in total. The maximum Gasteiger partial charge on any atom is 0.243 e. The molecule has 0 radical (unpaired) electrons. The molecule has 0 fully saturated rings. The first-order chi connectivity index (χ1) is 8.24. The Morgan fingerprint density at radius 2 is 1.59 bits per heavy atom. The van der Waals surface area contributed by atoms with Crippen molar-refractivity contribution < 1.29 is 4.79 Å². The Labute approximate surface area is 107 Å². The van der Waals surface area contributed by atoms with E-state index in [9.17, 15) is 4.79 Å². The van der Waals surface area contributed by atoms with Crippen LogP contribution in [0.2, 0.25) is 0 Å². The molecule has 1 atom stereocenters. The highest BCUT2D eigenvalue weighted by Crippen LogP contribution is 2.11. The van der Waals surface area contributed by atoms with E-state index in [-0.39, 0.29) is 5.91 Å². The van der Waals surface area contributed by atoms with Gasteiger partial charge in [0, 0.05) is 6.04 Å². The predicted octanol–water partition coefficient (Wildman–Crippen LogP) is 4.21. The molecule has 0 aliphatic heterocycles. The highest BCUT2D eigenvalue weighted by Gasteiger charge is 2.09. The van der Waals surface area contributed by atoms with E-state index >= 15 is 0 Å². The van der Waals surface area contributed by atoms with Gasteiger partial charge in [0.2, 0.25) is 5.91 Å². The molecule has 0 bridgehead atoms. The van der Waals surface area contributed by atoms with Gasteiger partial charge in [-0.05, 0) is 18.9 Å². The number of hydrogen-bond acceptors (Lipinski definition) is 1. The molecular weight excluding hydrogens is 210 g/mol. The van der Waals surface area contributed by atoms with Gasteiger partial charge in [0.1, 0.15) is 0 Å². The largest absolute Gasteiger partial charge is 0.350 e. The van der Waals surface area contributed by atoms with Crippen molar-refractivity contribution in [2.45, 2.75) is 77.7 Å². The first-order valence-electron chi connectivity index (χ1n) is 7.17. The second-order valence-corrected chi connectivity index (χ2v) is 4.75. The second-order valence-electron chi connectivity index (χ2n) is 4.75. The number of carbonyl (C=O) groups excluding carboxylic acids is 1. The fraction of sp³-hybridized carbons (Fsp3) is 0.800. The fourth-order valence-electron chi connectivity index (χ4n) is 2.01. The van der Waals surface area contributed by atoms with Crippen LogP contribution in [0.5, 0.6) is 0 Å². The van der Waals surface area contributed by atoms with E-state index in [2.05, 4.69) is 25.7 Å². The Bertz CT molecular complexity index is 201. The third-order valence-electron chi connectivity index (χ3n) is 3.09. The first-order valence-corrected chi connectivity index (χ1v) is 7.17. The van der Waals surface area contributed by atoms with Gasteiger partial charge in [0.05, 0.1) is 0 Å². The van der Waals surface area contributed by atoms with Crippen molar-refractivity contribution >= 4 is 5.91 Å². The van der Waals surface area contributed by atoms with E-state index in [4.69, 9.17) is 0 Å². The van der Waals surface area contributed by atoms with Crippen LogP contribution in [0, 0.1) is 0 Å². The molecule has 2 heteroatoms. The predicted molar refractivity (Wildman–Crippen MR) is 75.0 cm³/mol. The average Bonchev–Trinajstić information content (AvgIpc) is 2.34. The fourth-order valence-corrected chi connectivity index (χ4v) is 2.01. The summed E-state index contributed by atoms with van der Waals surface area (Å²) < 4.78 is 0. The third-order valence-corrected chi connectivity index (χ3v) is 3.09. The minimum Gasteiger partial charge on any atom is -0.350 e. The standard InChI is InChI=1S/C15H29NO/c1-4-7-9-11-13-14(12-10-8-5-2)16-15(17)6-3/h6,14H,3-5,7-13H2,1-2H3,(H,16,17). The Morgan fingerprint density at radius 3 is 2.12 bits per heavy atom. The summed E-state index contributed by atoms with van der Waals surface area (Å²) in [6.07, 6.45) is 12.4. The lowest BCUT2D eigenvalue weighted by Gasteiger charge is -2.17. The lowest BCUT2D eigenvalue weighted by atomic mass is 10.0. The number of amides is 1. The van der Waals surface area contributed by atoms with Crippen LogP contribution in [0.25, 0.3) is 0 Å². The van der Waals surface area contributed by atoms with Crippen LogP contribution < -0.4 is 5.32 Å². The topological polar surface area (TPSA) is 29.1 Å². The molecule has 0 saturated carbocycles. The Kier molecular flexibility index (Phi) is 11.1. The van der Waals surface area contributed by atoms with E-state index in [1.165, 1.54) is 51.0 Å². The van der Waals surface area contributed by atoms with E-state index in [1.54, 1.807) is 0 Å². The van der Waals surface area contributed by atoms with E-state index in [1.807, 2.05) is 0 Å². The van der Waals surface area contributed by atoms with E-state index < -0.39 is 0 Å². The molecule has 1 N–H and O–H groups in total. The highest BCUT2D eigenvalue weighted by molar-refractivity contribution is 5.87. The maximum atomic E-state index is 11.3. The molecule has 0 aromatic rings. The summed E-state index contributed by atoms with van der Waals surface area (Å²) in [5, 5.41) is 3.05. The molecule has 0 aromatic carbocycles. The van der Waals surface area contributed by atoms with Gasteiger partial charge in [-0.1, -0.05) is 65.4 Å². The lowest BCUT2D eigenvalue weighted by molar-refractivity contribution is -0.117. The monoisotopic (exact) mass is 239 g/mol. The summed E-state index contributed by atoms with van der Waals surface area (Å²) in [4.78, 5) is 11.3. The molecule has 1 amide bonds. The minimum absolute atomic E-state index is 0.0259. The minimum atomic E-state index is -0.0259. The summed E-state index contributed by atoms with van der Waals surface area (Å²) in [7, 11) is 0. The summed E-state index contributed by atoms with van der Waals surface area (Å²) in [5.74, 6) is -0.0259. The van der Waals surface area contributed by atoms with Gasteiger partial charge in [0.15, 0.2) is 0 Å². The van der Waals surface area contributed by atoms with Crippen LogP contribution in [-0.2, 0) is 4.79 Å². The molecule has 0 spiro atoms. The number of carbonyl (C=O) groups is 1. The molecule has 100 valence electrons. The van der Waals surface area contributed by atoms with Gasteiger partial charge < -0.3 is 5.32 Å². The van der Waals surface area contributed by atoms with Crippen molar-refractivity contribution in [2.75, 3.05) is 0 Å². The molecule has 0 heterocycles. The van der Waals surface area contributed by atoms with Crippen molar-refractivity contribution in [2.24, 2.45) is 0 Å². The van der Waals surface area contributed by atoms with Crippen LogP contribution in [0.3, 0.4) is 0 Å². The Morgan fingerprint density at radius 1 is 1.06 bits per heavy atom. The van der Waals surface area contributed by atoms with Crippen LogP contribution in [0.4, 0.5) is 0 Å². The number of hydrogen-bond donors (Lipinski definition) is 1. The van der Waals surface area contributed by atoms with Crippen LogP contribution in [-0.4, -0.2) is 11.9 Å². The van der Waals surface area contributed by atoms with Gasteiger partial charge >= 0.3 is 0 Å². The zero-order chi connectivity index (χ0) is 12.9. The first kappa shape index (κ1) is 16.2. The third kappa shape index (κ3) is 10.1. The molecule has 1 unspecified atom stereocenters. The van der Waals surface area contributed by atoms with Crippen molar-refractivity contribution in [3.63, 3.8) is 0 Å². The molecular formula is C15H29NO. The smallest absolute Gasteiger partial charge is 0.243 e. The summed E-state index contributed by atoms with van der Waals surface area (Å²) in [6, 6.07) is 0.351. The Hall–Kier alpha value is -0.790. The highest BCUT2D eigenvalue weighted by atomic mass is 16.1. The lowest BCUT2D eigenvalue weighted by Crippen LogP contribution is -2.33. The molecule has 0 aromatic heterocycles. The van der Waals surface area contributed by atoms with Crippen molar-refractivity contribution in [1.29, 1.82) is 0 Å². The van der Waals surface area contributed by atoms with E-state index in [0.29, 0.717) is 6.04 Å². The zero-order valence-corrected chi connectivity index (χ0v) is 11.6. The van der Waals surface area contributed by atoms with Crippen molar-refractivity contribution in [3.05, 3.63) is 12.7 Å². The quantitative estimate of drug-likeness (QED) is 0.425. The Balaban J connectivity index is 3.83. The number of nitrogens with one attached hydrogen (secondary N) is 1. The number of unbranched alkanes of at least 4 members (excludes halogenated alkanes) is 5. The van der Waals surface area contributed by atoms with Crippen LogP contribution >= 0.6 is 0 Å². The SMILES string of the molecule is C=CC(=O)NC(CCCCC)CCCCCC. The average molecular weight is 239 g/mol. The molecule has 0 aliphatic rings. The van der Waals surface area contributed by atoms with Gasteiger partial charge in [-0.3, -0.25) is 4.79 Å². The van der Waals surface area contributed by atoms with Gasteiger partial charge in [-0.25, -0.2) is 0 Å². The maximum absolute atomic E-state index is 11.3. The van der Waals surface area contributed by atoms with Gasteiger partial charge in [-0.2, -0.15) is 0 Å². The summed E-state index contributed by atoms with van der Waals surface area (Å²) in [6.45, 7) is 7.94. The normalized spacial score (nSPS) is 12.1. The van der Waals surface area contributed by atoms with Gasteiger partial charge in [-0.15, -0.1) is 0 Å². The number of rotatable bonds is 11. The molecule has 0 rings (SSSR count). The van der Waals surface area contributed by atoms with Crippen molar-refractivity contribution in [3.8, 4) is 0 Å². The molecule has 0 aliphatic carbocycles. The second kappa shape index (κ2) is 11.7. The van der Waals surface area contributed by atoms with E-state index in [0.717, 1.165) is 12.8 Å². The molecule has 17 heavy (non-hydrogen) atoms. The summed E-state index contributed by atoms with van der Waals surface area (Å²) in [5.41, 5.74) is 0. The van der Waals surface area contributed by atoms with Crippen LogP contribution in [0.15, 0.2) is 12.7 Å².